The van der Waals surface area contributed by atoms with Crippen LogP contribution in [-0.4, -0.2) is 14.7 Å². The molecule has 0 bridgehead atoms. The van der Waals surface area contributed by atoms with E-state index in [4.69, 9.17) is 0 Å². The fourth-order valence-corrected chi connectivity index (χ4v) is 3.32. The lowest BCUT2D eigenvalue weighted by Gasteiger charge is -2.09. The van der Waals surface area contributed by atoms with Crippen LogP contribution in [0.4, 0.5) is 0 Å². The first-order valence-corrected chi connectivity index (χ1v) is 9.36. The average molecular weight is 299 g/mol. The van der Waals surface area contributed by atoms with Crippen molar-refractivity contribution in [1.29, 1.82) is 0 Å². The van der Waals surface area contributed by atoms with Crippen molar-refractivity contribution in [2.45, 2.75) is 64.7 Å². The van der Waals surface area contributed by atoms with Gasteiger partial charge in [-0.2, -0.15) is 14.7 Å². The molecule has 0 aliphatic carbocycles. The largest absolute Gasteiger partial charge is 0.441 e. The van der Waals surface area contributed by atoms with Crippen molar-refractivity contribution in [3.8, 4) is 0 Å². The maximum absolute atomic E-state index is 9.42. The molecule has 0 heterocycles. The Kier molecular flexibility index (Phi) is 8.32. The molecule has 0 aliphatic rings. The molecule has 20 heavy (non-hydrogen) atoms. The van der Waals surface area contributed by atoms with Crippen molar-refractivity contribution in [2.24, 2.45) is 0 Å². The molecule has 0 aromatic heterocycles. The van der Waals surface area contributed by atoms with Crippen molar-refractivity contribution in [1.82, 2.24) is 0 Å². The maximum Gasteiger partial charge on any atom is 0.441 e. The summed E-state index contributed by atoms with van der Waals surface area (Å²) in [5.74, 6) is 0. The number of unbranched alkanes of at least 4 members (excludes halogenated alkanes) is 7. The van der Waals surface area contributed by atoms with Gasteiger partial charge in [-0.25, -0.2) is 0 Å². The molecular weight excluding hydrogens is 271 g/mol. The van der Waals surface area contributed by atoms with Crippen LogP contribution in [-0.2, 0) is 6.42 Å². The molecule has 0 aliphatic heterocycles. The van der Waals surface area contributed by atoms with E-state index in [0.29, 0.717) is 5.30 Å². The molecular formula is C16H28O3P+. The van der Waals surface area contributed by atoms with Gasteiger partial charge in [-0.15, -0.1) is 0 Å². The van der Waals surface area contributed by atoms with Crippen LogP contribution < -0.4 is 5.30 Å². The normalized spacial score (nSPS) is 11.8. The quantitative estimate of drug-likeness (QED) is 0.455. The molecule has 114 valence electrons. The van der Waals surface area contributed by atoms with Crippen molar-refractivity contribution >= 4 is 13.2 Å². The first-order chi connectivity index (χ1) is 9.55. The Morgan fingerprint density at radius 1 is 0.800 bits per heavy atom. The van der Waals surface area contributed by atoms with Gasteiger partial charge in [-0.05, 0) is 18.9 Å². The summed E-state index contributed by atoms with van der Waals surface area (Å²) in [5, 5.41) is 0.308. The molecule has 0 radical (unpaired) electrons. The Labute approximate surface area is 123 Å². The molecule has 0 fully saturated rings. The standard InChI is InChI=1S/C16H28O3P/c1-2-3-4-5-6-7-8-9-12-15-13-10-11-14-16(15)20(17,18)19/h10-11,13-14,17-19H,2-9,12H2,1H3/q+1. The fourth-order valence-electron chi connectivity index (χ4n) is 2.46. The zero-order valence-electron chi connectivity index (χ0n) is 12.5. The smallest absolute Gasteiger partial charge is 0.189 e. The zero-order chi connectivity index (χ0) is 14.8. The van der Waals surface area contributed by atoms with Gasteiger partial charge in [0.2, 0.25) is 0 Å². The molecule has 3 nitrogen and oxygen atoms in total. The van der Waals surface area contributed by atoms with Crippen LogP contribution in [0.1, 0.15) is 63.9 Å². The topological polar surface area (TPSA) is 60.7 Å². The number of rotatable bonds is 10. The summed E-state index contributed by atoms with van der Waals surface area (Å²) in [6.07, 6.45) is 10.8. The van der Waals surface area contributed by atoms with Gasteiger partial charge in [-0.3, -0.25) is 0 Å². The Balaban J connectivity index is 2.26. The monoisotopic (exact) mass is 299 g/mol. The van der Waals surface area contributed by atoms with Gasteiger partial charge in [0.1, 0.15) is 0 Å². The minimum atomic E-state index is -3.88. The second-order valence-corrected chi connectivity index (χ2v) is 7.04. The van der Waals surface area contributed by atoms with E-state index >= 15 is 0 Å². The number of aryl methyl sites for hydroxylation is 1. The van der Waals surface area contributed by atoms with Crippen molar-refractivity contribution in [3.05, 3.63) is 29.8 Å². The minimum absolute atomic E-state index is 0.308. The molecule has 0 unspecified atom stereocenters. The summed E-state index contributed by atoms with van der Waals surface area (Å²) >= 11 is 0. The Morgan fingerprint density at radius 3 is 1.95 bits per heavy atom. The van der Waals surface area contributed by atoms with Crippen molar-refractivity contribution in [3.63, 3.8) is 0 Å². The van der Waals surface area contributed by atoms with E-state index in [-0.39, 0.29) is 0 Å². The van der Waals surface area contributed by atoms with Crippen LogP contribution >= 0.6 is 7.94 Å². The summed E-state index contributed by atoms with van der Waals surface area (Å²) in [5.41, 5.74) is 0.860. The van der Waals surface area contributed by atoms with E-state index in [2.05, 4.69) is 6.92 Å². The van der Waals surface area contributed by atoms with Crippen LogP contribution in [0, 0.1) is 0 Å². The van der Waals surface area contributed by atoms with Crippen LogP contribution in [0.3, 0.4) is 0 Å². The van der Waals surface area contributed by atoms with Gasteiger partial charge < -0.3 is 0 Å². The van der Waals surface area contributed by atoms with Gasteiger partial charge in [0.15, 0.2) is 5.30 Å². The number of hydrogen-bond acceptors (Lipinski definition) is 3. The van der Waals surface area contributed by atoms with Gasteiger partial charge in [-0.1, -0.05) is 70.1 Å². The van der Waals surface area contributed by atoms with Crippen LogP contribution in [0.25, 0.3) is 0 Å². The maximum atomic E-state index is 9.42. The first-order valence-electron chi connectivity index (χ1n) is 7.71. The Morgan fingerprint density at radius 2 is 1.35 bits per heavy atom. The predicted molar refractivity (Wildman–Crippen MR) is 86.0 cm³/mol. The second kappa shape index (κ2) is 9.46. The summed E-state index contributed by atoms with van der Waals surface area (Å²) in [4.78, 5) is 28.2. The second-order valence-electron chi connectivity index (χ2n) is 5.42. The highest BCUT2D eigenvalue weighted by Crippen LogP contribution is 2.44. The predicted octanol–water partition coefficient (Wildman–Crippen LogP) is 3.73. The summed E-state index contributed by atoms with van der Waals surface area (Å²) in [6, 6.07) is 7.07. The molecule has 1 rings (SSSR count). The highest BCUT2D eigenvalue weighted by molar-refractivity contribution is 7.66. The molecule has 3 N–H and O–H groups in total. The fraction of sp³-hybridized carbons (Fsp3) is 0.625. The third-order valence-corrected chi connectivity index (χ3v) is 4.70. The van der Waals surface area contributed by atoms with E-state index in [1.807, 2.05) is 12.1 Å². The summed E-state index contributed by atoms with van der Waals surface area (Å²) < 4.78 is 0. The lowest BCUT2D eigenvalue weighted by Crippen LogP contribution is -2.15. The van der Waals surface area contributed by atoms with Gasteiger partial charge in [0.05, 0.1) is 0 Å². The molecule has 0 saturated carbocycles. The van der Waals surface area contributed by atoms with E-state index < -0.39 is 7.94 Å². The minimum Gasteiger partial charge on any atom is -0.189 e. The summed E-state index contributed by atoms with van der Waals surface area (Å²) in [7, 11) is -3.88. The number of benzene rings is 1. The molecule has 4 heteroatoms. The third-order valence-electron chi connectivity index (χ3n) is 3.61. The van der Waals surface area contributed by atoms with Gasteiger partial charge in [0.25, 0.3) is 0 Å². The number of hydrogen-bond donors (Lipinski definition) is 3. The van der Waals surface area contributed by atoms with Crippen molar-refractivity contribution < 1.29 is 14.7 Å². The molecule has 0 saturated heterocycles. The Hall–Kier alpha value is -0.470. The van der Waals surface area contributed by atoms with E-state index in [1.165, 1.54) is 38.5 Å². The van der Waals surface area contributed by atoms with Crippen LogP contribution in [0.15, 0.2) is 24.3 Å². The molecule has 0 spiro atoms. The van der Waals surface area contributed by atoms with Gasteiger partial charge in [0, 0.05) is 5.56 Å². The molecule has 0 atom stereocenters. The molecule has 0 amide bonds. The molecule has 1 aromatic rings. The van der Waals surface area contributed by atoms with E-state index in [1.54, 1.807) is 12.1 Å². The SMILES string of the molecule is CCCCCCCCCCc1ccccc1[P+](O)(O)O. The summed E-state index contributed by atoms with van der Waals surface area (Å²) in [6.45, 7) is 2.23. The highest BCUT2D eigenvalue weighted by atomic mass is 31.2. The lowest BCUT2D eigenvalue weighted by atomic mass is 10.0. The third kappa shape index (κ3) is 6.81. The van der Waals surface area contributed by atoms with E-state index in [0.717, 1.165) is 24.8 Å². The van der Waals surface area contributed by atoms with Gasteiger partial charge >= 0.3 is 7.94 Å². The first kappa shape index (κ1) is 17.6. The lowest BCUT2D eigenvalue weighted by molar-refractivity contribution is 0.346. The highest BCUT2D eigenvalue weighted by Gasteiger charge is 2.36. The Bertz CT molecular complexity index is 374. The van der Waals surface area contributed by atoms with Crippen molar-refractivity contribution in [2.75, 3.05) is 0 Å². The zero-order valence-corrected chi connectivity index (χ0v) is 13.4. The van der Waals surface area contributed by atoms with Crippen LogP contribution in [0.5, 0.6) is 0 Å². The average Bonchev–Trinajstić information content (AvgIpc) is 2.41. The van der Waals surface area contributed by atoms with Crippen LogP contribution in [0.2, 0.25) is 0 Å². The van der Waals surface area contributed by atoms with E-state index in [9.17, 15) is 14.7 Å². The molecule has 1 aromatic carbocycles.